The fraction of sp³-hybridized carbons (Fsp3) is 0.231. The first kappa shape index (κ1) is 56.6. The summed E-state index contributed by atoms with van der Waals surface area (Å²) in [6, 6.07) is 47.9. The molecule has 0 atom stereocenters. The van der Waals surface area contributed by atoms with Crippen molar-refractivity contribution in [3.05, 3.63) is 227 Å². The highest BCUT2D eigenvalue weighted by Crippen LogP contribution is 2.22. The first-order valence-electron chi connectivity index (χ1n) is 21.2. The van der Waals surface area contributed by atoms with Gasteiger partial charge in [0, 0.05) is 22.3 Å². The molecule has 0 radical (unpaired) electrons. The predicted octanol–water partition coefficient (Wildman–Crippen LogP) is -7.71. The number of hydrogen-bond acceptors (Lipinski definition) is 0. The van der Waals surface area contributed by atoms with Crippen molar-refractivity contribution in [1.29, 1.82) is 0 Å². The van der Waals surface area contributed by atoms with Crippen molar-refractivity contribution < 1.29 is 92.3 Å². The van der Waals surface area contributed by atoms with Crippen molar-refractivity contribution >= 4 is 12.2 Å². The van der Waals surface area contributed by atoms with E-state index >= 15 is 0 Å². The average molecular weight is 973 g/mol. The topological polar surface area (TPSA) is 49.3 Å². The Labute approximate surface area is 406 Å². The number of halogens is 8. The lowest BCUT2D eigenvalue weighted by molar-refractivity contribution is -1.02. The Kier molecular flexibility index (Phi) is 25.4. The highest BCUT2D eigenvalue weighted by molar-refractivity contribution is 5.49. The number of hydrogen-bond donors (Lipinski definition) is 4. The molecule has 2 aliphatic heterocycles. The molecule has 2 fully saturated rings. The third-order valence-corrected chi connectivity index (χ3v) is 11.9. The highest BCUT2D eigenvalue weighted by Gasteiger charge is 2.33. The molecule has 8 rings (SSSR count). The maximum absolute atomic E-state index is 13.5. The van der Waals surface area contributed by atoms with Gasteiger partial charge in [0.15, 0.2) is 0 Å². The molecule has 2 aliphatic rings. The van der Waals surface area contributed by atoms with Crippen LogP contribution in [0, 0.1) is 23.3 Å². The molecule has 6 aromatic carbocycles. The number of rotatable bonds is 12. The van der Waals surface area contributed by atoms with Crippen LogP contribution >= 0.6 is 0 Å². The summed E-state index contributed by atoms with van der Waals surface area (Å²) in [5.41, 5.74) is 6.76. The quantitative estimate of drug-likeness (QED) is 0.0884. The summed E-state index contributed by atoms with van der Waals surface area (Å²) in [7, 11) is 0. The van der Waals surface area contributed by atoms with Gasteiger partial charge in [0.2, 0.25) is 0 Å². The Bertz CT molecular complexity index is 1990. The molecule has 5 nitrogen and oxygen atoms in total. The molecular formula is C52H58Cl4F4N4O. The smallest absolute Gasteiger partial charge is 0.139 e. The van der Waals surface area contributed by atoms with E-state index in [9.17, 15) is 17.6 Å². The minimum absolute atomic E-state index is 0. The van der Waals surface area contributed by atoms with Gasteiger partial charge in [-0.3, -0.25) is 0 Å². The Balaban J connectivity index is 0.000000415. The van der Waals surface area contributed by atoms with Gasteiger partial charge in [0.1, 0.15) is 87.7 Å². The van der Waals surface area contributed by atoms with E-state index in [4.69, 9.17) is 0 Å². The van der Waals surface area contributed by atoms with Crippen molar-refractivity contribution in [3.8, 4) is 0 Å². The Morgan fingerprint density at radius 1 is 0.354 bits per heavy atom. The second-order valence-electron chi connectivity index (χ2n) is 15.9. The minimum atomic E-state index is -0.230. The van der Waals surface area contributed by atoms with Crippen LogP contribution < -0.4 is 69.2 Å². The normalized spacial score (nSPS) is 17.9. The minimum Gasteiger partial charge on any atom is -1.00 e. The van der Waals surface area contributed by atoms with E-state index in [1.54, 1.807) is 9.80 Å². The maximum Gasteiger partial charge on any atom is 0.139 e. The fourth-order valence-electron chi connectivity index (χ4n) is 8.64. The molecule has 65 heavy (non-hydrogen) atoms. The van der Waals surface area contributed by atoms with Crippen LogP contribution in [-0.4, -0.2) is 70.9 Å². The van der Waals surface area contributed by atoms with Gasteiger partial charge in [-0.2, -0.15) is 0 Å². The highest BCUT2D eigenvalue weighted by atomic mass is 35.5. The molecule has 2 heterocycles. The summed E-state index contributed by atoms with van der Waals surface area (Å²) in [5, 5.41) is 0. The van der Waals surface area contributed by atoms with Crippen LogP contribution in [0.3, 0.4) is 0 Å². The lowest BCUT2D eigenvalue weighted by Crippen LogP contribution is -3.28. The summed E-state index contributed by atoms with van der Waals surface area (Å²) in [5.74, 6) is -0.922. The molecule has 2 saturated heterocycles. The van der Waals surface area contributed by atoms with Crippen LogP contribution in [0.5, 0.6) is 0 Å². The molecule has 13 heteroatoms. The van der Waals surface area contributed by atoms with Gasteiger partial charge in [0.05, 0.1) is 13.1 Å². The lowest BCUT2D eigenvalue weighted by atomic mass is 9.96. The molecular weight excluding hydrogens is 914 g/mol. The third kappa shape index (κ3) is 17.0. The summed E-state index contributed by atoms with van der Waals surface area (Å²) >= 11 is 0. The van der Waals surface area contributed by atoms with Crippen LogP contribution in [0.25, 0.3) is 12.2 Å². The second-order valence-corrected chi connectivity index (χ2v) is 15.9. The third-order valence-electron chi connectivity index (χ3n) is 11.9. The maximum atomic E-state index is 13.5. The predicted molar refractivity (Wildman–Crippen MR) is 236 cm³/mol. The molecule has 6 N–H and O–H groups in total. The molecule has 0 saturated carbocycles. The van der Waals surface area contributed by atoms with Crippen molar-refractivity contribution in [2.24, 2.45) is 0 Å². The van der Waals surface area contributed by atoms with Gasteiger partial charge in [-0.1, -0.05) is 72.8 Å². The summed E-state index contributed by atoms with van der Waals surface area (Å²) in [4.78, 5) is 6.04. The molecule has 0 aliphatic carbocycles. The monoisotopic (exact) mass is 970 g/mol. The summed E-state index contributed by atoms with van der Waals surface area (Å²) in [6.45, 7) is 10.4. The molecule has 0 unspecified atom stereocenters. The fourth-order valence-corrected chi connectivity index (χ4v) is 8.64. The number of piperazine rings is 2. The lowest BCUT2D eigenvalue weighted by Gasteiger charge is -2.34. The van der Waals surface area contributed by atoms with Crippen LogP contribution in [0.2, 0.25) is 0 Å². The largest absolute Gasteiger partial charge is 1.00 e. The van der Waals surface area contributed by atoms with Crippen molar-refractivity contribution in [2.45, 2.75) is 12.1 Å². The van der Waals surface area contributed by atoms with Crippen LogP contribution in [-0.2, 0) is 0 Å². The van der Waals surface area contributed by atoms with Crippen molar-refractivity contribution in [3.63, 3.8) is 0 Å². The Morgan fingerprint density at radius 3 is 0.846 bits per heavy atom. The van der Waals surface area contributed by atoms with Gasteiger partial charge in [0.25, 0.3) is 0 Å². The van der Waals surface area contributed by atoms with Gasteiger partial charge in [-0.05, 0) is 120 Å². The molecule has 0 spiro atoms. The van der Waals surface area contributed by atoms with E-state index in [0.29, 0.717) is 0 Å². The zero-order valence-electron chi connectivity index (χ0n) is 36.1. The zero-order chi connectivity index (χ0) is 41.5. The van der Waals surface area contributed by atoms with E-state index in [1.165, 1.54) is 69.5 Å². The molecule has 0 aromatic heterocycles. The van der Waals surface area contributed by atoms with E-state index in [-0.39, 0.29) is 90.5 Å². The SMILES string of the molecule is Fc1ccc(C(c2ccc(F)cc2)[NH+]2CC[NH+](C/C=C\c3ccccc3)CC2)cc1.Fc1ccc(C(c2ccc(F)cc2)[NH+]2CC[NH+](C/C=C\c3ccccc3)CC2)cc1.O.[Cl-].[Cl-].[Cl-].[Cl-]. The van der Waals surface area contributed by atoms with Crippen molar-refractivity contribution in [2.75, 3.05) is 65.4 Å². The summed E-state index contributed by atoms with van der Waals surface area (Å²) < 4.78 is 53.9. The Morgan fingerprint density at radius 2 is 0.600 bits per heavy atom. The Hall–Kier alpha value is -4.52. The zero-order valence-corrected chi connectivity index (χ0v) is 39.1. The summed E-state index contributed by atoms with van der Waals surface area (Å²) in [6.07, 6.45) is 8.89. The van der Waals surface area contributed by atoms with E-state index < -0.39 is 0 Å². The number of nitrogens with one attached hydrogen (secondary N) is 4. The van der Waals surface area contributed by atoms with Gasteiger partial charge in [-0.25, -0.2) is 17.6 Å². The van der Waals surface area contributed by atoms with Crippen LogP contribution in [0.15, 0.2) is 170 Å². The first-order chi connectivity index (χ1) is 29.4. The van der Waals surface area contributed by atoms with Gasteiger partial charge in [-0.15, -0.1) is 0 Å². The van der Waals surface area contributed by atoms with Gasteiger partial charge < -0.3 is 74.7 Å². The second kappa shape index (κ2) is 29.2. The number of benzene rings is 6. The standard InChI is InChI=1S/2C26H26F2N2.4ClH.H2O/c2*27-24-12-8-22(9-13-24)26(23-10-14-25(28)15-11-23)30-19-17-29(18-20-30)16-4-7-21-5-2-1-3-6-21;;;;;/h2*1-15,26H,16-20H2;4*1H;1H2/b2*7-4-;;;;;. The van der Waals surface area contributed by atoms with E-state index in [2.05, 4.69) is 72.8 Å². The van der Waals surface area contributed by atoms with E-state index in [1.807, 2.05) is 60.7 Å². The molecule has 6 aromatic rings. The van der Waals surface area contributed by atoms with Gasteiger partial charge >= 0.3 is 0 Å². The molecule has 0 bridgehead atoms. The first-order valence-corrected chi connectivity index (χ1v) is 21.2. The molecule has 348 valence electrons. The molecule has 0 amide bonds. The van der Waals surface area contributed by atoms with Crippen molar-refractivity contribution in [1.82, 2.24) is 0 Å². The number of quaternary nitrogens is 4. The van der Waals surface area contributed by atoms with E-state index in [0.717, 1.165) is 87.7 Å². The van der Waals surface area contributed by atoms with Crippen LogP contribution in [0.4, 0.5) is 17.6 Å². The van der Waals surface area contributed by atoms with Crippen LogP contribution in [0.1, 0.15) is 45.5 Å². The average Bonchev–Trinajstić information content (AvgIpc) is 3.28.